The quantitative estimate of drug-likeness (QED) is 0.851. The van der Waals surface area contributed by atoms with Crippen LogP contribution < -0.4 is 0 Å². The highest BCUT2D eigenvalue weighted by Crippen LogP contribution is 2.09. The zero-order chi connectivity index (χ0) is 12.1. The van der Waals surface area contributed by atoms with Crippen molar-refractivity contribution in [1.82, 2.24) is 9.97 Å². The lowest BCUT2D eigenvalue weighted by atomic mass is 10.1. The maximum absolute atomic E-state index is 8.77. The number of halogens is 1. The number of nitrogens with zero attached hydrogens (tertiary/aromatic N) is 3. The van der Waals surface area contributed by atoms with Crippen molar-refractivity contribution in [2.45, 2.75) is 0 Å². The summed E-state index contributed by atoms with van der Waals surface area (Å²) in [6.45, 7) is 0. The molecule has 0 spiro atoms. The summed E-state index contributed by atoms with van der Waals surface area (Å²) < 4.78 is 0.848. The Hall–Kier alpha value is -1.99. The highest BCUT2D eigenvalue weighted by atomic mass is 79.9. The van der Waals surface area contributed by atoms with Gasteiger partial charge >= 0.3 is 0 Å². The van der Waals surface area contributed by atoms with Gasteiger partial charge in [0.1, 0.15) is 0 Å². The summed E-state index contributed by atoms with van der Waals surface area (Å²) in [5.41, 5.74) is 1.60. The van der Waals surface area contributed by atoms with E-state index in [9.17, 15) is 0 Å². The fraction of sp³-hybridized carbons (Fsp3) is 0. The van der Waals surface area contributed by atoms with Crippen molar-refractivity contribution in [3.8, 4) is 6.07 Å². The van der Waals surface area contributed by atoms with E-state index >= 15 is 0 Å². The predicted octanol–water partition coefficient (Wildman–Crippen LogP) is 3.28. The Labute approximate surface area is 108 Å². The second kappa shape index (κ2) is 5.37. The Balaban J connectivity index is 2.20. The second-order valence-electron chi connectivity index (χ2n) is 3.33. The first-order valence-corrected chi connectivity index (χ1v) is 5.73. The van der Waals surface area contributed by atoms with Gasteiger partial charge in [-0.15, -0.1) is 0 Å². The Morgan fingerprint density at radius 2 is 1.94 bits per heavy atom. The van der Waals surface area contributed by atoms with Gasteiger partial charge in [0.05, 0.1) is 16.1 Å². The van der Waals surface area contributed by atoms with E-state index in [1.165, 1.54) is 0 Å². The molecule has 0 fully saturated rings. The average Bonchev–Trinajstić information content (AvgIpc) is 2.38. The summed E-state index contributed by atoms with van der Waals surface area (Å²) in [5.74, 6) is 0.635. The Morgan fingerprint density at radius 1 is 1.18 bits per heavy atom. The minimum absolute atomic E-state index is 0.635. The molecule has 0 aliphatic heterocycles. The van der Waals surface area contributed by atoms with Gasteiger partial charge in [-0.2, -0.15) is 5.26 Å². The smallest absolute Gasteiger partial charge is 0.151 e. The lowest BCUT2D eigenvalue weighted by Gasteiger charge is -1.94. The van der Waals surface area contributed by atoms with Gasteiger partial charge in [0.25, 0.3) is 0 Å². The minimum Gasteiger partial charge on any atom is -0.236 e. The first-order chi connectivity index (χ1) is 8.28. The summed E-state index contributed by atoms with van der Waals surface area (Å²) in [6.07, 6.45) is 7.07. The monoisotopic (exact) mass is 285 g/mol. The Bertz CT molecular complexity index is 582. The van der Waals surface area contributed by atoms with E-state index in [0.717, 1.165) is 10.0 Å². The highest BCUT2D eigenvalue weighted by Gasteiger charge is 1.93. The molecule has 0 amide bonds. The van der Waals surface area contributed by atoms with E-state index in [4.69, 9.17) is 5.26 Å². The maximum atomic E-state index is 8.77. The van der Waals surface area contributed by atoms with Crippen LogP contribution in [0.5, 0.6) is 0 Å². The SMILES string of the molecule is N#Cc1cccc(/C=C/c2ncc(Br)cn2)c1. The van der Waals surface area contributed by atoms with Gasteiger partial charge in [-0.1, -0.05) is 18.2 Å². The van der Waals surface area contributed by atoms with Crippen molar-refractivity contribution in [2.75, 3.05) is 0 Å². The molecule has 0 aliphatic rings. The van der Waals surface area contributed by atoms with Crippen LogP contribution >= 0.6 is 15.9 Å². The summed E-state index contributed by atoms with van der Waals surface area (Å²) in [7, 11) is 0. The van der Waals surface area contributed by atoms with Crippen LogP contribution in [0.4, 0.5) is 0 Å². The van der Waals surface area contributed by atoms with Crippen molar-refractivity contribution < 1.29 is 0 Å². The average molecular weight is 286 g/mol. The first-order valence-electron chi connectivity index (χ1n) is 4.94. The van der Waals surface area contributed by atoms with E-state index < -0.39 is 0 Å². The molecule has 1 aromatic heterocycles. The maximum Gasteiger partial charge on any atom is 0.151 e. The van der Waals surface area contributed by atoms with Crippen molar-refractivity contribution in [1.29, 1.82) is 5.26 Å². The molecule has 82 valence electrons. The van der Waals surface area contributed by atoms with Crippen molar-refractivity contribution in [3.05, 3.63) is 58.1 Å². The minimum atomic E-state index is 0.635. The van der Waals surface area contributed by atoms with Gasteiger partial charge in [-0.3, -0.25) is 0 Å². The topological polar surface area (TPSA) is 49.6 Å². The van der Waals surface area contributed by atoms with Gasteiger partial charge in [0.15, 0.2) is 5.82 Å². The van der Waals surface area contributed by atoms with Crippen LogP contribution in [-0.2, 0) is 0 Å². The number of hydrogen-bond donors (Lipinski definition) is 0. The molecule has 3 nitrogen and oxygen atoms in total. The van der Waals surface area contributed by atoms with Crippen LogP contribution in [0.15, 0.2) is 41.1 Å². The molecule has 0 bridgehead atoms. The van der Waals surface area contributed by atoms with Crippen molar-refractivity contribution in [2.24, 2.45) is 0 Å². The zero-order valence-electron chi connectivity index (χ0n) is 8.84. The van der Waals surface area contributed by atoms with E-state index in [1.807, 2.05) is 30.4 Å². The molecule has 0 saturated carbocycles. The van der Waals surface area contributed by atoms with Crippen LogP contribution in [0, 0.1) is 11.3 Å². The molecule has 2 rings (SSSR count). The third-order valence-corrected chi connectivity index (χ3v) is 2.49. The summed E-state index contributed by atoms with van der Waals surface area (Å²) in [5, 5.41) is 8.77. The Morgan fingerprint density at radius 3 is 2.65 bits per heavy atom. The molecule has 0 unspecified atom stereocenters. The molecule has 0 saturated heterocycles. The van der Waals surface area contributed by atoms with Crippen LogP contribution in [0.2, 0.25) is 0 Å². The van der Waals surface area contributed by atoms with Crippen molar-refractivity contribution in [3.63, 3.8) is 0 Å². The molecule has 0 N–H and O–H groups in total. The standard InChI is InChI=1S/C13H8BrN3/c14-12-8-16-13(17-9-12)5-4-10-2-1-3-11(6-10)7-15/h1-6,8-9H/b5-4+. The summed E-state index contributed by atoms with van der Waals surface area (Å²) in [6, 6.07) is 9.46. The molecular formula is C13H8BrN3. The van der Waals surface area contributed by atoms with Gasteiger partial charge in [0, 0.05) is 12.4 Å². The van der Waals surface area contributed by atoms with Gasteiger partial charge in [-0.25, -0.2) is 9.97 Å². The summed E-state index contributed by atoms with van der Waals surface area (Å²) >= 11 is 3.28. The molecule has 17 heavy (non-hydrogen) atoms. The van der Waals surface area contributed by atoms with E-state index in [0.29, 0.717) is 11.4 Å². The molecule has 4 heteroatoms. The van der Waals surface area contributed by atoms with E-state index in [1.54, 1.807) is 18.5 Å². The number of nitriles is 1. The van der Waals surface area contributed by atoms with Gasteiger partial charge in [0.2, 0.25) is 0 Å². The number of aromatic nitrogens is 2. The fourth-order valence-electron chi connectivity index (χ4n) is 1.29. The number of benzene rings is 1. The fourth-order valence-corrected chi connectivity index (χ4v) is 1.50. The number of rotatable bonds is 2. The third kappa shape index (κ3) is 3.23. The molecule has 2 aromatic rings. The number of hydrogen-bond acceptors (Lipinski definition) is 3. The molecule has 0 radical (unpaired) electrons. The van der Waals surface area contributed by atoms with Crippen LogP contribution in [-0.4, -0.2) is 9.97 Å². The van der Waals surface area contributed by atoms with Gasteiger partial charge < -0.3 is 0 Å². The van der Waals surface area contributed by atoms with Crippen molar-refractivity contribution >= 4 is 28.1 Å². The normalized spacial score (nSPS) is 10.4. The zero-order valence-corrected chi connectivity index (χ0v) is 10.4. The summed E-state index contributed by atoms with van der Waals surface area (Å²) in [4.78, 5) is 8.25. The lowest BCUT2D eigenvalue weighted by Crippen LogP contribution is -1.85. The third-order valence-electron chi connectivity index (χ3n) is 2.08. The van der Waals surface area contributed by atoms with Gasteiger partial charge in [-0.05, 0) is 39.7 Å². The second-order valence-corrected chi connectivity index (χ2v) is 4.25. The van der Waals surface area contributed by atoms with Crippen LogP contribution in [0.25, 0.3) is 12.2 Å². The van der Waals surface area contributed by atoms with E-state index in [-0.39, 0.29) is 0 Å². The predicted molar refractivity (Wildman–Crippen MR) is 69.8 cm³/mol. The van der Waals surface area contributed by atoms with Crippen LogP contribution in [0.3, 0.4) is 0 Å². The first kappa shape index (κ1) is 11.5. The molecule has 0 atom stereocenters. The Kier molecular flexibility index (Phi) is 3.63. The lowest BCUT2D eigenvalue weighted by molar-refractivity contribution is 1.12. The molecule has 1 aromatic carbocycles. The van der Waals surface area contributed by atoms with E-state index in [2.05, 4.69) is 32.0 Å². The molecule has 0 aliphatic carbocycles. The van der Waals surface area contributed by atoms with Crippen LogP contribution in [0.1, 0.15) is 17.0 Å². The molecule has 1 heterocycles. The largest absolute Gasteiger partial charge is 0.236 e. The molecular weight excluding hydrogens is 278 g/mol. The highest BCUT2D eigenvalue weighted by molar-refractivity contribution is 9.10.